The van der Waals surface area contributed by atoms with E-state index in [1.54, 1.807) is 0 Å². The van der Waals surface area contributed by atoms with Crippen molar-refractivity contribution in [1.29, 1.82) is 0 Å². The minimum Gasteiger partial charge on any atom is -0.213 e. The molecule has 0 unspecified atom stereocenters. The van der Waals surface area contributed by atoms with E-state index >= 15 is 0 Å². The molecule has 0 spiro atoms. The maximum absolute atomic E-state index is 11.2. The van der Waals surface area contributed by atoms with Gasteiger partial charge in [-0.05, 0) is 5.41 Å². The van der Waals surface area contributed by atoms with Crippen LogP contribution in [0.2, 0.25) is 0 Å². The third-order valence-electron chi connectivity index (χ3n) is 2.20. The molecule has 88 valence electrons. The summed E-state index contributed by atoms with van der Waals surface area (Å²) >= 11 is 0. The molecule has 0 aromatic carbocycles. The second-order valence-electron chi connectivity index (χ2n) is 4.65. The SMILES string of the molecule is CN(C[C@@H](N=C=O)C(C)(C)C)S(C)(=O)=O. The first-order valence-corrected chi connectivity index (χ1v) is 6.42. The zero-order valence-corrected chi connectivity index (χ0v) is 10.6. The normalized spacial score (nSPS) is 14.8. The van der Waals surface area contributed by atoms with Crippen LogP contribution in [0, 0.1) is 5.41 Å². The van der Waals surface area contributed by atoms with Crippen molar-refractivity contribution in [3.63, 3.8) is 0 Å². The predicted molar refractivity (Wildman–Crippen MR) is 58.8 cm³/mol. The molecule has 15 heavy (non-hydrogen) atoms. The summed E-state index contributed by atoms with van der Waals surface area (Å²) in [7, 11) is -1.77. The van der Waals surface area contributed by atoms with Gasteiger partial charge in [0.25, 0.3) is 0 Å². The van der Waals surface area contributed by atoms with E-state index in [4.69, 9.17) is 0 Å². The molecule has 0 aliphatic rings. The Bertz CT molecular complexity index is 350. The molecule has 0 rings (SSSR count). The Morgan fingerprint density at radius 3 is 2.13 bits per heavy atom. The number of rotatable bonds is 4. The van der Waals surface area contributed by atoms with E-state index in [2.05, 4.69) is 4.99 Å². The average Bonchev–Trinajstić information content (AvgIpc) is 1.99. The Morgan fingerprint density at radius 1 is 1.40 bits per heavy atom. The third kappa shape index (κ3) is 5.06. The summed E-state index contributed by atoms with van der Waals surface area (Å²) in [6.45, 7) is 5.88. The largest absolute Gasteiger partial charge is 0.235 e. The maximum Gasteiger partial charge on any atom is 0.235 e. The second-order valence-corrected chi connectivity index (χ2v) is 6.74. The highest BCUT2D eigenvalue weighted by Crippen LogP contribution is 2.23. The third-order valence-corrected chi connectivity index (χ3v) is 3.49. The molecule has 6 heteroatoms. The lowest BCUT2D eigenvalue weighted by molar-refractivity contribution is 0.281. The fourth-order valence-corrected chi connectivity index (χ4v) is 1.36. The van der Waals surface area contributed by atoms with E-state index in [1.807, 2.05) is 20.8 Å². The van der Waals surface area contributed by atoms with Crippen molar-refractivity contribution in [2.45, 2.75) is 26.8 Å². The number of carbonyl (C=O) groups excluding carboxylic acids is 1. The molecule has 0 saturated heterocycles. The summed E-state index contributed by atoms with van der Waals surface area (Å²) < 4.78 is 23.6. The monoisotopic (exact) mass is 234 g/mol. The summed E-state index contributed by atoms with van der Waals surface area (Å²) in [4.78, 5) is 13.9. The average molecular weight is 234 g/mol. The van der Waals surface area contributed by atoms with Gasteiger partial charge in [0.1, 0.15) is 0 Å². The van der Waals surface area contributed by atoms with Crippen LogP contribution in [0.3, 0.4) is 0 Å². The molecule has 0 saturated carbocycles. The van der Waals surface area contributed by atoms with E-state index in [1.165, 1.54) is 17.4 Å². The van der Waals surface area contributed by atoms with Crippen molar-refractivity contribution in [1.82, 2.24) is 4.31 Å². The Kier molecular flexibility index (Phi) is 4.65. The Morgan fingerprint density at radius 2 is 1.87 bits per heavy atom. The second kappa shape index (κ2) is 4.88. The molecule has 0 aliphatic carbocycles. The van der Waals surface area contributed by atoms with Crippen LogP contribution in [0.4, 0.5) is 0 Å². The molecule has 0 fully saturated rings. The lowest BCUT2D eigenvalue weighted by Gasteiger charge is -2.28. The van der Waals surface area contributed by atoms with Gasteiger partial charge >= 0.3 is 0 Å². The summed E-state index contributed by atoms with van der Waals surface area (Å²) in [6.07, 6.45) is 2.61. The molecule has 1 atom stereocenters. The van der Waals surface area contributed by atoms with Crippen LogP contribution in [-0.2, 0) is 14.8 Å². The van der Waals surface area contributed by atoms with Crippen molar-refractivity contribution in [2.24, 2.45) is 10.4 Å². The van der Waals surface area contributed by atoms with E-state index in [9.17, 15) is 13.2 Å². The molecule has 0 amide bonds. The fourth-order valence-electron chi connectivity index (χ4n) is 0.951. The number of hydrogen-bond acceptors (Lipinski definition) is 4. The molecular formula is C9H18N2O3S. The smallest absolute Gasteiger partial charge is 0.213 e. The predicted octanol–water partition coefficient (Wildman–Crippen LogP) is 0.628. The molecular weight excluding hydrogens is 216 g/mol. The van der Waals surface area contributed by atoms with Crippen LogP contribution in [0.5, 0.6) is 0 Å². The Balaban J connectivity index is 4.80. The summed E-state index contributed by atoms with van der Waals surface area (Å²) in [5.74, 6) is 0. The van der Waals surface area contributed by atoms with Crippen LogP contribution in [0.25, 0.3) is 0 Å². The zero-order valence-electron chi connectivity index (χ0n) is 9.81. The summed E-state index contributed by atoms with van der Waals surface area (Å²) in [5, 5.41) is 0. The maximum atomic E-state index is 11.2. The van der Waals surface area contributed by atoms with Gasteiger partial charge in [-0.3, -0.25) is 0 Å². The zero-order chi connectivity index (χ0) is 12.3. The molecule has 0 aliphatic heterocycles. The Labute approximate surface area is 91.2 Å². The number of nitrogens with zero attached hydrogens (tertiary/aromatic N) is 2. The number of sulfonamides is 1. The van der Waals surface area contributed by atoms with Crippen LogP contribution < -0.4 is 0 Å². The van der Waals surface area contributed by atoms with Gasteiger partial charge in [0.15, 0.2) is 0 Å². The Hall–Kier alpha value is -0.710. The molecule has 0 N–H and O–H groups in total. The van der Waals surface area contributed by atoms with E-state index in [0.717, 1.165) is 6.26 Å². The van der Waals surface area contributed by atoms with Crippen LogP contribution in [0.15, 0.2) is 4.99 Å². The molecule has 0 radical (unpaired) electrons. The van der Waals surface area contributed by atoms with E-state index in [-0.39, 0.29) is 18.0 Å². The van der Waals surface area contributed by atoms with Crippen molar-refractivity contribution >= 4 is 16.1 Å². The van der Waals surface area contributed by atoms with Crippen molar-refractivity contribution in [3.8, 4) is 0 Å². The van der Waals surface area contributed by atoms with Crippen molar-refractivity contribution in [2.75, 3.05) is 19.8 Å². The first kappa shape index (κ1) is 14.3. The van der Waals surface area contributed by atoms with Gasteiger partial charge in [-0.15, -0.1) is 0 Å². The minimum absolute atomic E-state index is 0.192. The lowest BCUT2D eigenvalue weighted by atomic mass is 9.87. The number of aliphatic imine (C=N–C) groups is 1. The van der Waals surface area contributed by atoms with Crippen molar-refractivity contribution < 1.29 is 13.2 Å². The standard InChI is InChI=1S/C9H18N2O3S/c1-9(2,3)8(10-7-12)6-11(4)15(5,13)14/h8H,6H2,1-5H3/t8-/m1/s1. The molecule has 5 nitrogen and oxygen atoms in total. The summed E-state index contributed by atoms with van der Waals surface area (Å²) in [6, 6.07) is -0.380. The first-order chi connectivity index (χ1) is 6.59. The van der Waals surface area contributed by atoms with Gasteiger partial charge in [0.05, 0.1) is 12.3 Å². The van der Waals surface area contributed by atoms with Gasteiger partial charge in [-0.1, -0.05) is 20.8 Å². The van der Waals surface area contributed by atoms with E-state index < -0.39 is 10.0 Å². The van der Waals surface area contributed by atoms with Crippen molar-refractivity contribution in [3.05, 3.63) is 0 Å². The molecule has 0 aromatic rings. The van der Waals surface area contributed by atoms with Crippen LogP contribution >= 0.6 is 0 Å². The quantitative estimate of drug-likeness (QED) is 0.529. The number of likely N-dealkylation sites (N-methyl/N-ethyl adjacent to an activating group) is 1. The van der Waals surface area contributed by atoms with Gasteiger partial charge in [0, 0.05) is 13.6 Å². The summed E-state index contributed by atoms with van der Waals surface area (Å²) in [5.41, 5.74) is -0.268. The highest BCUT2D eigenvalue weighted by atomic mass is 32.2. The van der Waals surface area contributed by atoms with E-state index in [0.29, 0.717) is 0 Å². The number of isocyanates is 1. The highest BCUT2D eigenvalue weighted by molar-refractivity contribution is 7.88. The topological polar surface area (TPSA) is 66.8 Å². The van der Waals surface area contributed by atoms with Gasteiger partial charge in [-0.25, -0.2) is 22.5 Å². The molecule has 0 aromatic heterocycles. The minimum atomic E-state index is -3.23. The molecule has 0 heterocycles. The van der Waals surface area contributed by atoms with Gasteiger partial charge in [-0.2, -0.15) is 0 Å². The number of hydrogen-bond donors (Lipinski definition) is 0. The fraction of sp³-hybridized carbons (Fsp3) is 0.889. The van der Waals surface area contributed by atoms with Gasteiger partial charge < -0.3 is 0 Å². The van der Waals surface area contributed by atoms with Gasteiger partial charge in [0.2, 0.25) is 16.1 Å². The molecule has 0 bridgehead atoms. The highest BCUT2D eigenvalue weighted by Gasteiger charge is 2.27. The lowest BCUT2D eigenvalue weighted by Crippen LogP contribution is -2.39. The first-order valence-electron chi connectivity index (χ1n) is 4.57. The van der Waals surface area contributed by atoms with Crippen LogP contribution in [0.1, 0.15) is 20.8 Å². The van der Waals surface area contributed by atoms with Crippen LogP contribution in [-0.4, -0.2) is 44.7 Å².